The minimum atomic E-state index is 0.437. The summed E-state index contributed by atoms with van der Waals surface area (Å²) in [5.41, 5.74) is 1.39. The summed E-state index contributed by atoms with van der Waals surface area (Å²) in [6, 6.07) is 2.67. The molecule has 98 valence electrons. The highest BCUT2D eigenvalue weighted by molar-refractivity contribution is 9.12. The van der Waals surface area contributed by atoms with Crippen LogP contribution in [-0.4, -0.2) is 6.54 Å². The second-order valence-corrected chi connectivity index (χ2v) is 8.56. The summed E-state index contributed by atoms with van der Waals surface area (Å²) in [6.45, 7) is 10.2. The third-order valence-electron chi connectivity index (χ3n) is 3.21. The van der Waals surface area contributed by atoms with Crippen LogP contribution in [-0.2, 0) is 0 Å². The second kappa shape index (κ2) is 7.27. The first kappa shape index (κ1) is 15.7. The van der Waals surface area contributed by atoms with E-state index >= 15 is 0 Å². The zero-order valence-corrected chi connectivity index (χ0v) is 14.9. The molecule has 2 unspecified atom stereocenters. The summed E-state index contributed by atoms with van der Waals surface area (Å²) in [4.78, 5) is 0. The van der Waals surface area contributed by atoms with E-state index in [1.54, 1.807) is 11.3 Å². The molecule has 0 radical (unpaired) electrons. The average molecular weight is 383 g/mol. The quantitative estimate of drug-likeness (QED) is 0.674. The molecule has 1 N–H and O–H groups in total. The molecule has 0 aliphatic rings. The van der Waals surface area contributed by atoms with Gasteiger partial charge in [-0.2, -0.15) is 0 Å². The van der Waals surface area contributed by atoms with Crippen molar-refractivity contribution in [1.82, 2.24) is 5.32 Å². The summed E-state index contributed by atoms with van der Waals surface area (Å²) in [7, 11) is 0. The molecule has 4 heteroatoms. The van der Waals surface area contributed by atoms with E-state index < -0.39 is 0 Å². The molecule has 0 saturated carbocycles. The van der Waals surface area contributed by atoms with Gasteiger partial charge in [-0.15, -0.1) is 11.3 Å². The highest BCUT2D eigenvalue weighted by Gasteiger charge is 2.24. The third kappa shape index (κ3) is 4.34. The van der Waals surface area contributed by atoms with Crippen molar-refractivity contribution >= 4 is 43.2 Å². The van der Waals surface area contributed by atoms with Crippen LogP contribution in [0.15, 0.2) is 13.6 Å². The molecule has 2 atom stereocenters. The molecular weight excluding hydrogens is 362 g/mol. The van der Waals surface area contributed by atoms with Gasteiger partial charge in [0.1, 0.15) is 0 Å². The standard InChI is InChI=1S/C13H21Br2NS/c1-5-6-16-12(9(4)8(2)3)10-7-11(14)17-13(10)15/h7-9,12,16H,5-6H2,1-4H3. The van der Waals surface area contributed by atoms with Crippen molar-refractivity contribution in [2.24, 2.45) is 11.8 Å². The number of hydrogen-bond acceptors (Lipinski definition) is 2. The third-order valence-corrected chi connectivity index (χ3v) is 5.60. The Morgan fingerprint density at radius 3 is 2.35 bits per heavy atom. The van der Waals surface area contributed by atoms with Gasteiger partial charge >= 0.3 is 0 Å². The summed E-state index contributed by atoms with van der Waals surface area (Å²) < 4.78 is 2.43. The first-order chi connectivity index (χ1) is 7.97. The number of hydrogen-bond donors (Lipinski definition) is 1. The van der Waals surface area contributed by atoms with Crippen LogP contribution in [0.5, 0.6) is 0 Å². The van der Waals surface area contributed by atoms with Gasteiger partial charge in [-0.3, -0.25) is 0 Å². The molecule has 0 fully saturated rings. The number of rotatable bonds is 6. The van der Waals surface area contributed by atoms with Gasteiger partial charge in [0.05, 0.1) is 7.57 Å². The molecule has 0 amide bonds. The van der Waals surface area contributed by atoms with Crippen LogP contribution in [0.4, 0.5) is 0 Å². The number of thiophene rings is 1. The van der Waals surface area contributed by atoms with E-state index in [0.29, 0.717) is 17.9 Å². The van der Waals surface area contributed by atoms with Crippen LogP contribution < -0.4 is 5.32 Å². The van der Waals surface area contributed by atoms with Crippen LogP contribution >= 0.6 is 43.2 Å². The molecule has 1 rings (SSSR count). The van der Waals surface area contributed by atoms with Crippen LogP contribution in [0.3, 0.4) is 0 Å². The van der Waals surface area contributed by atoms with Crippen LogP contribution in [0.1, 0.15) is 45.7 Å². The van der Waals surface area contributed by atoms with Crippen LogP contribution in [0.25, 0.3) is 0 Å². The Balaban J connectivity index is 2.93. The Kier molecular flexibility index (Phi) is 6.70. The highest BCUT2D eigenvalue weighted by Crippen LogP contribution is 2.39. The summed E-state index contributed by atoms with van der Waals surface area (Å²) in [5, 5.41) is 3.68. The molecule has 1 aromatic heterocycles. The molecule has 0 bridgehead atoms. The van der Waals surface area contributed by atoms with Gasteiger partial charge in [-0.1, -0.05) is 27.7 Å². The van der Waals surface area contributed by atoms with Crippen molar-refractivity contribution in [1.29, 1.82) is 0 Å². The normalized spacial score (nSPS) is 15.2. The largest absolute Gasteiger partial charge is 0.310 e. The molecule has 1 aromatic rings. The average Bonchev–Trinajstić information content (AvgIpc) is 2.58. The van der Waals surface area contributed by atoms with Gasteiger partial charge in [0.15, 0.2) is 0 Å². The van der Waals surface area contributed by atoms with Gasteiger partial charge < -0.3 is 5.32 Å². The molecular formula is C13H21Br2NS. The van der Waals surface area contributed by atoms with E-state index in [1.807, 2.05) is 0 Å². The van der Waals surface area contributed by atoms with Gasteiger partial charge in [-0.25, -0.2) is 0 Å². The maximum absolute atomic E-state index is 3.68. The first-order valence-corrected chi connectivity index (χ1v) is 8.55. The Morgan fingerprint density at radius 1 is 1.29 bits per heavy atom. The number of halogens is 2. The maximum Gasteiger partial charge on any atom is 0.0758 e. The second-order valence-electron chi connectivity index (χ2n) is 4.81. The van der Waals surface area contributed by atoms with E-state index in [1.165, 1.54) is 19.6 Å². The van der Waals surface area contributed by atoms with E-state index in [9.17, 15) is 0 Å². The van der Waals surface area contributed by atoms with Crippen molar-refractivity contribution in [3.63, 3.8) is 0 Å². The van der Waals surface area contributed by atoms with Gasteiger partial charge in [0, 0.05) is 6.04 Å². The molecule has 1 heterocycles. The van der Waals surface area contributed by atoms with E-state index in [0.717, 1.165) is 6.54 Å². The summed E-state index contributed by atoms with van der Waals surface area (Å²) in [6.07, 6.45) is 1.17. The molecule has 0 saturated heterocycles. The smallest absolute Gasteiger partial charge is 0.0758 e. The lowest BCUT2D eigenvalue weighted by Crippen LogP contribution is -2.30. The van der Waals surface area contributed by atoms with Gasteiger partial charge in [0.25, 0.3) is 0 Å². The fourth-order valence-corrected chi connectivity index (χ4v) is 4.76. The minimum Gasteiger partial charge on any atom is -0.310 e. The molecule has 1 nitrogen and oxygen atoms in total. The molecule has 17 heavy (non-hydrogen) atoms. The van der Waals surface area contributed by atoms with E-state index in [4.69, 9.17) is 0 Å². The van der Waals surface area contributed by atoms with Crippen molar-refractivity contribution < 1.29 is 0 Å². The first-order valence-electron chi connectivity index (χ1n) is 6.15. The SMILES string of the molecule is CCCNC(c1cc(Br)sc1Br)C(C)C(C)C. The fraction of sp³-hybridized carbons (Fsp3) is 0.692. The topological polar surface area (TPSA) is 12.0 Å². The van der Waals surface area contributed by atoms with E-state index in [-0.39, 0.29) is 0 Å². The van der Waals surface area contributed by atoms with Crippen LogP contribution in [0.2, 0.25) is 0 Å². The van der Waals surface area contributed by atoms with Crippen molar-refractivity contribution in [2.45, 2.75) is 40.2 Å². The zero-order chi connectivity index (χ0) is 13.0. The van der Waals surface area contributed by atoms with E-state index in [2.05, 4.69) is 70.9 Å². The fourth-order valence-electron chi connectivity index (χ4n) is 1.83. The Labute approximate surface area is 126 Å². The van der Waals surface area contributed by atoms with Gasteiger partial charge in [-0.05, 0) is 68.3 Å². The van der Waals surface area contributed by atoms with Crippen molar-refractivity contribution in [3.8, 4) is 0 Å². The minimum absolute atomic E-state index is 0.437. The van der Waals surface area contributed by atoms with Crippen molar-refractivity contribution in [3.05, 3.63) is 19.2 Å². The molecule has 0 spiro atoms. The van der Waals surface area contributed by atoms with Crippen molar-refractivity contribution in [2.75, 3.05) is 6.54 Å². The Hall–Kier alpha value is 0.620. The predicted octanol–water partition coefficient (Wildman–Crippen LogP) is 5.61. The lowest BCUT2D eigenvalue weighted by Gasteiger charge is -2.28. The van der Waals surface area contributed by atoms with Gasteiger partial charge in [0.2, 0.25) is 0 Å². The van der Waals surface area contributed by atoms with Crippen LogP contribution in [0, 0.1) is 11.8 Å². The number of nitrogens with one attached hydrogen (secondary N) is 1. The lowest BCUT2D eigenvalue weighted by molar-refractivity contribution is 0.303. The zero-order valence-electron chi connectivity index (χ0n) is 10.9. The molecule has 0 aliphatic carbocycles. The Morgan fingerprint density at radius 2 is 1.94 bits per heavy atom. The Bertz CT molecular complexity index is 349. The maximum atomic E-state index is 3.68. The molecule has 0 aromatic carbocycles. The monoisotopic (exact) mass is 381 g/mol. The molecule has 0 aliphatic heterocycles. The summed E-state index contributed by atoms with van der Waals surface area (Å²) >= 11 is 9.00. The predicted molar refractivity (Wildman–Crippen MR) is 84.8 cm³/mol. The highest BCUT2D eigenvalue weighted by atomic mass is 79.9. The summed E-state index contributed by atoms with van der Waals surface area (Å²) in [5.74, 6) is 1.30. The lowest BCUT2D eigenvalue weighted by atomic mass is 9.87.